The van der Waals surface area contributed by atoms with Crippen LogP contribution in [0.15, 0.2) is 24.3 Å². The van der Waals surface area contributed by atoms with Crippen LogP contribution in [-0.2, 0) is 9.59 Å². The number of hydrogen-bond acceptors (Lipinski definition) is 4. The maximum atomic E-state index is 12.2. The number of carbonyl (C=O) groups excluding carboxylic acids is 3. The number of carboxylic acids is 1. The third-order valence-corrected chi connectivity index (χ3v) is 4.38. The summed E-state index contributed by atoms with van der Waals surface area (Å²) in [7, 11) is 0. The first-order chi connectivity index (χ1) is 10.9. The molecule has 1 saturated carbocycles. The van der Waals surface area contributed by atoms with Crippen LogP contribution in [0.25, 0.3) is 0 Å². The Morgan fingerprint density at radius 1 is 1.13 bits per heavy atom. The number of rotatable bonds is 5. The Bertz CT molecular complexity index is 673. The first-order valence-corrected chi connectivity index (χ1v) is 7.40. The molecule has 1 aromatic rings. The molecular formula is C16H16N2O5. The van der Waals surface area contributed by atoms with Gasteiger partial charge >= 0.3 is 5.97 Å². The standard InChI is InChI=1S/C16H16N2O5/c19-12(17-16(6-3-7-16)8-13(20)21)9-18-14(22)10-4-1-2-5-11(10)15(18)23/h1-2,4-5H,3,6-9H2,(H,17,19)(H,20,21). The van der Waals surface area contributed by atoms with Gasteiger partial charge in [0.1, 0.15) is 6.54 Å². The number of amides is 3. The number of benzene rings is 1. The lowest BCUT2D eigenvalue weighted by Gasteiger charge is -2.41. The largest absolute Gasteiger partial charge is 0.481 e. The molecule has 2 N–H and O–H groups in total. The lowest BCUT2D eigenvalue weighted by molar-refractivity contribution is -0.140. The highest BCUT2D eigenvalue weighted by Gasteiger charge is 2.42. The van der Waals surface area contributed by atoms with Gasteiger partial charge in [-0.3, -0.25) is 24.1 Å². The van der Waals surface area contributed by atoms with Crippen LogP contribution in [0.1, 0.15) is 46.4 Å². The van der Waals surface area contributed by atoms with E-state index < -0.39 is 35.8 Å². The molecule has 0 bridgehead atoms. The van der Waals surface area contributed by atoms with Crippen molar-refractivity contribution in [2.75, 3.05) is 6.54 Å². The zero-order valence-electron chi connectivity index (χ0n) is 12.4. The minimum Gasteiger partial charge on any atom is -0.481 e. The van der Waals surface area contributed by atoms with Gasteiger partial charge in [-0.15, -0.1) is 0 Å². The average molecular weight is 316 g/mol. The molecule has 7 nitrogen and oxygen atoms in total. The second kappa shape index (κ2) is 5.49. The number of hydrogen-bond donors (Lipinski definition) is 2. The van der Waals surface area contributed by atoms with Gasteiger partial charge < -0.3 is 10.4 Å². The molecule has 1 fully saturated rings. The van der Waals surface area contributed by atoms with Crippen molar-refractivity contribution >= 4 is 23.7 Å². The third kappa shape index (κ3) is 2.69. The van der Waals surface area contributed by atoms with Gasteiger partial charge in [0.05, 0.1) is 23.1 Å². The minimum atomic E-state index is -0.981. The monoisotopic (exact) mass is 316 g/mol. The SMILES string of the molecule is O=C(O)CC1(NC(=O)CN2C(=O)c3ccccc3C2=O)CCC1. The van der Waals surface area contributed by atoms with Gasteiger partial charge in [-0.05, 0) is 31.4 Å². The number of imide groups is 1. The molecule has 0 radical (unpaired) electrons. The van der Waals surface area contributed by atoms with Crippen molar-refractivity contribution < 1.29 is 24.3 Å². The molecule has 7 heteroatoms. The predicted molar refractivity (Wildman–Crippen MR) is 78.8 cm³/mol. The quantitative estimate of drug-likeness (QED) is 0.782. The van der Waals surface area contributed by atoms with Gasteiger partial charge in [0.15, 0.2) is 0 Å². The zero-order valence-corrected chi connectivity index (χ0v) is 12.4. The molecule has 1 aliphatic heterocycles. The fraction of sp³-hybridized carbons (Fsp3) is 0.375. The predicted octanol–water partition coefficient (Wildman–Crippen LogP) is 0.796. The Hall–Kier alpha value is -2.70. The third-order valence-electron chi connectivity index (χ3n) is 4.38. The summed E-state index contributed by atoms with van der Waals surface area (Å²) in [5, 5.41) is 11.6. The minimum absolute atomic E-state index is 0.152. The van der Waals surface area contributed by atoms with Crippen LogP contribution in [0.2, 0.25) is 0 Å². The zero-order chi connectivity index (χ0) is 16.6. The number of fused-ring (bicyclic) bond motifs is 1. The van der Waals surface area contributed by atoms with Gasteiger partial charge in [0.25, 0.3) is 11.8 Å². The second-order valence-corrected chi connectivity index (χ2v) is 5.99. The van der Waals surface area contributed by atoms with E-state index in [1.807, 2.05) is 0 Å². The van der Waals surface area contributed by atoms with Crippen LogP contribution < -0.4 is 5.32 Å². The first-order valence-electron chi connectivity index (χ1n) is 7.40. The van der Waals surface area contributed by atoms with E-state index in [2.05, 4.69) is 5.32 Å². The summed E-state index contributed by atoms with van der Waals surface area (Å²) >= 11 is 0. The number of nitrogens with zero attached hydrogens (tertiary/aromatic N) is 1. The van der Waals surface area contributed by atoms with Crippen LogP contribution in [-0.4, -0.2) is 45.8 Å². The van der Waals surface area contributed by atoms with Gasteiger partial charge in [0.2, 0.25) is 5.91 Å². The Morgan fingerprint density at radius 3 is 2.13 bits per heavy atom. The lowest BCUT2D eigenvalue weighted by Crippen LogP contribution is -2.57. The summed E-state index contributed by atoms with van der Waals surface area (Å²) in [6.07, 6.45) is 1.88. The smallest absolute Gasteiger partial charge is 0.305 e. The molecule has 0 unspecified atom stereocenters. The Kier molecular flexibility index (Phi) is 3.63. The Labute approximate surface area is 132 Å². The van der Waals surface area contributed by atoms with E-state index >= 15 is 0 Å². The van der Waals surface area contributed by atoms with E-state index in [9.17, 15) is 19.2 Å². The maximum Gasteiger partial charge on any atom is 0.305 e. The van der Waals surface area contributed by atoms with Crippen molar-refractivity contribution in [2.45, 2.75) is 31.2 Å². The molecule has 0 saturated heterocycles. The Balaban J connectivity index is 1.68. The molecule has 1 heterocycles. The van der Waals surface area contributed by atoms with E-state index in [4.69, 9.17) is 5.11 Å². The molecule has 1 aliphatic carbocycles. The van der Waals surface area contributed by atoms with Crippen molar-refractivity contribution in [2.24, 2.45) is 0 Å². The normalized spacial score (nSPS) is 18.3. The van der Waals surface area contributed by atoms with Gasteiger partial charge in [0, 0.05) is 0 Å². The topological polar surface area (TPSA) is 104 Å². The van der Waals surface area contributed by atoms with Crippen LogP contribution in [0.5, 0.6) is 0 Å². The maximum absolute atomic E-state index is 12.2. The van der Waals surface area contributed by atoms with Gasteiger partial charge in [-0.1, -0.05) is 12.1 Å². The van der Waals surface area contributed by atoms with Crippen molar-refractivity contribution in [3.05, 3.63) is 35.4 Å². The summed E-state index contributed by atoms with van der Waals surface area (Å²) in [5.41, 5.74) is -0.176. The summed E-state index contributed by atoms with van der Waals surface area (Å²) in [5.74, 6) is -2.49. The molecular weight excluding hydrogens is 300 g/mol. The molecule has 0 atom stereocenters. The van der Waals surface area contributed by atoms with Crippen molar-refractivity contribution in [3.8, 4) is 0 Å². The van der Waals surface area contributed by atoms with E-state index in [1.54, 1.807) is 24.3 Å². The number of carbonyl (C=O) groups is 4. The average Bonchev–Trinajstić information content (AvgIpc) is 2.70. The number of carboxylic acid groups (broad SMARTS) is 1. The fourth-order valence-corrected chi connectivity index (χ4v) is 3.10. The molecule has 23 heavy (non-hydrogen) atoms. The summed E-state index contributed by atoms with van der Waals surface area (Å²) in [6.45, 7) is -0.395. The lowest BCUT2D eigenvalue weighted by atomic mass is 9.74. The molecule has 1 aromatic carbocycles. The summed E-state index contributed by atoms with van der Waals surface area (Å²) in [6, 6.07) is 6.41. The van der Waals surface area contributed by atoms with E-state index in [0.717, 1.165) is 11.3 Å². The molecule has 0 aromatic heterocycles. The van der Waals surface area contributed by atoms with Gasteiger partial charge in [-0.25, -0.2) is 0 Å². The van der Waals surface area contributed by atoms with E-state index in [0.29, 0.717) is 12.8 Å². The number of nitrogens with one attached hydrogen (secondary N) is 1. The molecule has 120 valence electrons. The van der Waals surface area contributed by atoms with Crippen LogP contribution in [0.4, 0.5) is 0 Å². The van der Waals surface area contributed by atoms with E-state index in [-0.39, 0.29) is 17.5 Å². The second-order valence-electron chi connectivity index (χ2n) is 5.99. The van der Waals surface area contributed by atoms with Crippen molar-refractivity contribution in [1.29, 1.82) is 0 Å². The molecule has 2 aliphatic rings. The fourth-order valence-electron chi connectivity index (χ4n) is 3.10. The van der Waals surface area contributed by atoms with E-state index in [1.165, 1.54) is 0 Å². The van der Waals surface area contributed by atoms with Crippen molar-refractivity contribution in [1.82, 2.24) is 10.2 Å². The highest BCUT2D eigenvalue weighted by atomic mass is 16.4. The molecule has 3 rings (SSSR count). The van der Waals surface area contributed by atoms with Crippen LogP contribution >= 0.6 is 0 Å². The number of aliphatic carboxylic acids is 1. The van der Waals surface area contributed by atoms with Crippen molar-refractivity contribution in [3.63, 3.8) is 0 Å². The first kappa shape index (κ1) is 15.2. The highest BCUT2D eigenvalue weighted by Crippen LogP contribution is 2.35. The summed E-state index contributed by atoms with van der Waals surface area (Å²) < 4.78 is 0. The molecule has 0 spiro atoms. The highest BCUT2D eigenvalue weighted by molar-refractivity contribution is 6.22. The van der Waals surface area contributed by atoms with Crippen LogP contribution in [0, 0.1) is 0 Å². The van der Waals surface area contributed by atoms with Gasteiger partial charge in [-0.2, -0.15) is 0 Å². The summed E-state index contributed by atoms with van der Waals surface area (Å²) in [4.78, 5) is 48.4. The molecule has 3 amide bonds. The Morgan fingerprint density at radius 2 is 1.70 bits per heavy atom. The van der Waals surface area contributed by atoms with Crippen LogP contribution in [0.3, 0.4) is 0 Å².